The first-order valence-corrected chi connectivity index (χ1v) is 8.07. The SMILES string of the molecule is CCOc1ccccc1OCCN1CCCC(O)(CO)CC1. The second-order valence-electron chi connectivity index (χ2n) is 5.81. The van der Waals surface area contributed by atoms with Crippen molar-refractivity contribution in [3.63, 3.8) is 0 Å². The minimum absolute atomic E-state index is 0.154. The number of ether oxygens (including phenoxy) is 2. The third kappa shape index (κ3) is 4.87. The molecule has 0 spiro atoms. The summed E-state index contributed by atoms with van der Waals surface area (Å²) >= 11 is 0. The highest BCUT2D eigenvalue weighted by atomic mass is 16.5. The van der Waals surface area contributed by atoms with E-state index in [0.29, 0.717) is 26.1 Å². The van der Waals surface area contributed by atoms with Gasteiger partial charge in [0.1, 0.15) is 6.61 Å². The van der Waals surface area contributed by atoms with Crippen molar-refractivity contribution in [3.05, 3.63) is 24.3 Å². The van der Waals surface area contributed by atoms with Crippen LogP contribution in [0.15, 0.2) is 24.3 Å². The van der Waals surface area contributed by atoms with E-state index in [9.17, 15) is 10.2 Å². The monoisotopic (exact) mass is 309 g/mol. The molecule has 1 aliphatic heterocycles. The molecule has 0 amide bonds. The topological polar surface area (TPSA) is 62.2 Å². The Labute approximate surface area is 132 Å². The highest BCUT2D eigenvalue weighted by Crippen LogP contribution is 2.26. The van der Waals surface area contributed by atoms with Crippen molar-refractivity contribution in [1.82, 2.24) is 4.90 Å². The van der Waals surface area contributed by atoms with Gasteiger partial charge in [-0.25, -0.2) is 0 Å². The maximum absolute atomic E-state index is 10.2. The van der Waals surface area contributed by atoms with E-state index in [-0.39, 0.29) is 6.61 Å². The quantitative estimate of drug-likeness (QED) is 0.802. The molecule has 2 rings (SSSR count). The Hall–Kier alpha value is -1.30. The van der Waals surface area contributed by atoms with E-state index in [4.69, 9.17) is 9.47 Å². The van der Waals surface area contributed by atoms with Gasteiger partial charge in [-0.2, -0.15) is 0 Å². The van der Waals surface area contributed by atoms with Gasteiger partial charge in [-0.05, 0) is 44.9 Å². The van der Waals surface area contributed by atoms with Gasteiger partial charge < -0.3 is 19.7 Å². The number of hydrogen-bond donors (Lipinski definition) is 2. The van der Waals surface area contributed by atoms with Gasteiger partial charge in [-0.3, -0.25) is 4.90 Å². The Morgan fingerprint density at radius 2 is 1.86 bits per heavy atom. The molecule has 5 nitrogen and oxygen atoms in total. The summed E-state index contributed by atoms with van der Waals surface area (Å²) in [6.07, 6.45) is 2.17. The first-order valence-electron chi connectivity index (χ1n) is 8.07. The zero-order chi connectivity index (χ0) is 15.8. The number of aliphatic hydroxyl groups is 2. The van der Waals surface area contributed by atoms with Gasteiger partial charge in [0.15, 0.2) is 11.5 Å². The maximum atomic E-state index is 10.2. The molecule has 0 saturated carbocycles. The lowest BCUT2D eigenvalue weighted by Crippen LogP contribution is -2.35. The molecule has 0 bridgehead atoms. The number of aliphatic hydroxyl groups excluding tert-OH is 1. The van der Waals surface area contributed by atoms with Gasteiger partial charge in [-0.1, -0.05) is 12.1 Å². The molecule has 2 N–H and O–H groups in total. The van der Waals surface area contributed by atoms with Crippen molar-refractivity contribution >= 4 is 0 Å². The fourth-order valence-electron chi connectivity index (χ4n) is 2.75. The normalized spacial score (nSPS) is 23.0. The number of hydrogen-bond acceptors (Lipinski definition) is 5. The lowest BCUT2D eigenvalue weighted by Gasteiger charge is -2.24. The van der Waals surface area contributed by atoms with E-state index >= 15 is 0 Å². The summed E-state index contributed by atoms with van der Waals surface area (Å²) in [6, 6.07) is 7.69. The third-order valence-electron chi connectivity index (χ3n) is 4.12. The van der Waals surface area contributed by atoms with E-state index in [0.717, 1.165) is 37.6 Å². The van der Waals surface area contributed by atoms with E-state index in [2.05, 4.69) is 4.90 Å². The maximum Gasteiger partial charge on any atom is 0.161 e. The van der Waals surface area contributed by atoms with E-state index in [1.807, 2.05) is 31.2 Å². The minimum atomic E-state index is -0.906. The van der Waals surface area contributed by atoms with Crippen molar-refractivity contribution in [3.8, 4) is 11.5 Å². The molecule has 1 unspecified atom stereocenters. The average Bonchev–Trinajstić information content (AvgIpc) is 2.72. The molecule has 1 atom stereocenters. The van der Waals surface area contributed by atoms with Gasteiger partial charge in [0.2, 0.25) is 0 Å². The van der Waals surface area contributed by atoms with Crippen LogP contribution >= 0.6 is 0 Å². The van der Waals surface area contributed by atoms with Gasteiger partial charge >= 0.3 is 0 Å². The molecule has 1 aromatic carbocycles. The first-order chi connectivity index (χ1) is 10.7. The summed E-state index contributed by atoms with van der Waals surface area (Å²) in [5, 5.41) is 19.4. The largest absolute Gasteiger partial charge is 0.490 e. The van der Waals surface area contributed by atoms with E-state index in [1.54, 1.807) is 0 Å². The minimum Gasteiger partial charge on any atom is -0.490 e. The molecule has 1 saturated heterocycles. The Kier molecular flexibility index (Phi) is 6.49. The van der Waals surface area contributed by atoms with Gasteiger partial charge in [0.05, 0.1) is 18.8 Å². The van der Waals surface area contributed by atoms with Gasteiger partial charge in [0.25, 0.3) is 0 Å². The van der Waals surface area contributed by atoms with Crippen molar-refractivity contribution in [2.45, 2.75) is 31.8 Å². The van der Waals surface area contributed by atoms with Crippen LogP contribution in [0.5, 0.6) is 11.5 Å². The molecule has 1 fully saturated rings. The summed E-state index contributed by atoms with van der Waals surface area (Å²) in [5.41, 5.74) is -0.906. The number of nitrogens with zero attached hydrogens (tertiary/aromatic N) is 1. The van der Waals surface area contributed by atoms with Crippen LogP contribution in [0.1, 0.15) is 26.2 Å². The molecule has 0 radical (unpaired) electrons. The summed E-state index contributed by atoms with van der Waals surface area (Å²) in [4.78, 5) is 2.27. The third-order valence-corrected chi connectivity index (χ3v) is 4.12. The summed E-state index contributed by atoms with van der Waals surface area (Å²) in [5.74, 6) is 1.54. The fourth-order valence-corrected chi connectivity index (χ4v) is 2.75. The molecule has 1 aliphatic rings. The predicted molar refractivity (Wildman–Crippen MR) is 85.4 cm³/mol. The molecule has 1 aromatic rings. The van der Waals surface area contributed by atoms with Crippen LogP contribution in [0, 0.1) is 0 Å². The smallest absolute Gasteiger partial charge is 0.161 e. The Morgan fingerprint density at radius 1 is 1.14 bits per heavy atom. The van der Waals surface area contributed by atoms with Crippen LogP contribution in [-0.4, -0.2) is 60.2 Å². The second-order valence-corrected chi connectivity index (χ2v) is 5.81. The molecular formula is C17H27NO4. The molecule has 22 heavy (non-hydrogen) atoms. The van der Waals surface area contributed by atoms with Crippen molar-refractivity contribution < 1.29 is 19.7 Å². The van der Waals surface area contributed by atoms with Crippen LogP contribution < -0.4 is 9.47 Å². The number of likely N-dealkylation sites (tertiary alicyclic amines) is 1. The lowest BCUT2D eigenvalue weighted by atomic mass is 9.96. The Balaban J connectivity index is 1.79. The lowest BCUT2D eigenvalue weighted by molar-refractivity contribution is -0.0255. The van der Waals surface area contributed by atoms with Crippen LogP contribution in [-0.2, 0) is 0 Å². The van der Waals surface area contributed by atoms with Gasteiger partial charge in [0, 0.05) is 13.1 Å². The van der Waals surface area contributed by atoms with Crippen LogP contribution in [0.3, 0.4) is 0 Å². The van der Waals surface area contributed by atoms with Crippen molar-refractivity contribution in [2.24, 2.45) is 0 Å². The van der Waals surface area contributed by atoms with Gasteiger partial charge in [-0.15, -0.1) is 0 Å². The summed E-state index contributed by atoms with van der Waals surface area (Å²) in [6.45, 7) is 5.53. The molecule has 1 heterocycles. The predicted octanol–water partition coefficient (Wildman–Crippen LogP) is 1.67. The molecule has 0 aliphatic carbocycles. The molecular weight excluding hydrogens is 282 g/mol. The highest BCUT2D eigenvalue weighted by Gasteiger charge is 2.29. The zero-order valence-electron chi connectivity index (χ0n) is 13.3. The van der Waals surface area contributed by atoms with Crippen molar-refractivity contribution in [2.75, 3.05) is 39.5 Å². The zero-order valence-corrected chi connectivity index (χ0v) is 13.3. The molecule has 0 aromatic heterocycles. The standard InChI is InChI=1S/C17H27NO4/c1-2-21-15-6-3-4-7-16(15)22-13-12-18-10-5-8-17(20,14-19)9-11-18/h3-4,6-7,19-20H,2,5,8-14H2,1H3. The first kappa shape index (κ1) is 17.1. The number of para-hydroxylation sites is 2. The second kappa shape index (κ2) is 8.36. The van der Waals surface area contributed by atoms with Crippen LogP contribution in [0.4, 0.5) is 0 Å². The van der Waals surface area contributed by atoms with E-state index in [1.165, 1.54) is 0 Å². The average molecular weight is 309 g/mol. The van der Waals surface area contributed by atoms with Crippen LogP contribution in [0.2, 0.25) is 0 Å². The number of benzene rings is 1. The Morgan fingerprint density at radius 3 is 2.55 bits per heavy atom. The molecule has 124 valence electrons. The molecule has 5 heteroatoms. The van der Waals surface area contributed by atoms with Crippen molar-refractivity contribution in [1.29, 1.82) is 0 Å². The highest BCUT2D eigenvalue weighted by molar-refractivity contribution is 5.39. The van der Waals surface area contributed by atoms with Crippen LogP contribution in [0.25, 0.3) is 0 Å². The fraction of sp³-hybridized carbons (Fsp3) is 0.647. The Bertz CT molecular complexity index is 454. The summed E-state index contributed by atoms with van der Waals surface area (Å²) < 4.78 is 11.4. The number of rotatable bonds is 7. The van der Waals surface area contributed by atoms with E-state index < -0.39 is 5.60 Å². The summed E-state index contributed by atoms with van der Waals surface area (Å²) in [7, 11) is 0.